The van der Waals surface area contributed by atoms with Crippen LogP contribution in [-0.2, 0) is 13.1 Å². The molecular formula is C13H22N2S. The van der Waals surface area contributed by atoms with E-state index in [0.29, 0.717) is 12.1 Å². The quantitative estimate of drug-likeness (QED) is 0.877. The summed E-state index contributed by atoms with van der Waals surface area (Å²) in [5.41, 5.74) is 7.54. The summed E-state index contributed by atoms with van der Waals surface area (Å²) >= 11 is 1.85. The van der Waals surface area contributed by atoms with Crippen molar-refractivity contribution in [1.82, 2.24) is 4.90 Å². The van der Waals surface area contributed by atoms with E-state index < -0.39 is 0 Å². The predicted octanol–water partition coefficient (Wildman–Crippen LogP) is 2.89. The monoisotopic (exact) mass is 238 g/mol. The van der Waals surface area contributed by atoms with Crippen LogP contribution in [0.1, 0.15) is 42.0 Å². The summed E-state index contributed by atoms with van der Waals surface area (Å²) in [7, 11) is 0. The van der Waals surface area contributed by atoms with Crippen molar-refractivity contribution in [2.75, 3.05) is 6.54 Å². The van der Waals surface area contributed by atoms with Gasteiger partial charge in [-0.2, -0.15) is 0 Å². The number of nitrogens with two attached hydrogens (primary N) is 1. The fourth-order valence-electron chi connectivity index (χ4n) is 2.51. The molecule has 0 radical (unpaired) electrons. The SMILES string of the molecule is Cc1sc(CN)cc1CN1CCCC1(C)C. The van der Waals surface area contributed by atoms with Crippen molar-refractivity contribution in [3.8, 4) is 0 Å². The van der Waals surface area contributed by atoms with Gasteiger partial charge in [0.2, 0.25) is 0 Å². The van der Waals surface area contributed by atoms with Gasteiger partial charge >= 0.3 is 0 Å². The molecule has 16 heavy (non-hydrogen) atoms. The van der Waals surface area contributed by atoms with Gasteiger partial charge in [-0.05, 0) is 51.8 Å². The Morgan fingerprint density at radius 2 is 2.25 bits per heavy atom. The first-order valence-corrected chi connectivity index (χ1v) is 6.88. The number of rotatable bonds is 3. The molecule has 0 unspecified atom stereocenters. The van der Waals surface area contributed by atoms with Crippen molar-refractivity contribution < 1.29 is 0 Å². The second kappa shape index (κ2) is 4.47. The summed E-state index contributed by atoms with van der Waals surface area (Å²) in [6, 6.07) is 2.29. The van der Waals surface area contributed by atoms with Gasteiger partial charge in [0.15, 0.2) is 0 Å². The van der Waals surface area contributed by atoms with Crippen LogP contribution in [0.25, 0.3) is 0 Å². The van der Waals surface area contributed by atoms with E-state index >= 15 is 0 Å². The van der Waals surface area contributed by atoms with Gasteiger partial charge in [0.05, 0.1) is 0 Å². The second-order valence-electron chi connectivity index (χ2n) is 5.34. The van der Waals surface area contributed by atoms with Crippen LogP contribution in [0, 0.1) is 6.92 Å². The van der Waals surface area contributed by atoms with Crippen LogP contribution in [-0.4, -0.2) is 17.0 Å². The number of aryl methyl sites for hydroxylation is 1. The van der Waals surface area contributed by atoms with Crippen molar-refractivity contribution in [2.24, 2.45) is 5.73 Å². The summed E-state index contributed by atoms with van der Waals surface area (Å²) in [6.45, 7) is 9.92. The lowest BCUT2D eigenvalue weighted by Gasteiger charge is -2.31. The molecule has 1 saturated heterocycles. The van der Waals surface area contributed by atoms with Crippen molar-refractivity contribution in [3.63, 3.8) is 0 Å². The summed E-state index contributed by atoms with van der Waals surface area (Å²) in [5, 5.41) is 0. The molecule has 2 heterocycles. The Bertz CT molecular complexity index is 368. The molecule has 1 aromatic rings. The van der Waals surface area contributed by atoms with Crippen molar-refractivity contribution >= 4 is 11.3 Å². The molecule has 1 aromatic heterocycles. The maximum atomic E-state index is 5.69. The molecule has 2 N–H and O–H groups in total. The Kier molecular flexibility index (Phi) is 3.38. The molecule has 0 spiro atoms. The standard InChI is InChI=1S/C13H22N2S/c1-10-11(7-12(8-14)16-10)9-15-6-4-5-13(15,2)3/h7H,4-6,8-9,14H2,1-3H3. The number of nitrogens with zero attached hydrogens (tertiary/aromatic N) is 1. The maximum absolute atomic E-state index is 5.69. The summed E-state index contributed by atoms with van der Waals surface area (Å²) in [6.07, 6.45) is 2.65. The molecule has 2 nitrogen and oxygen atoms in total. The van der Waals surface area contributed by atoms with E-state index in [0.717, 1.165) is 6.54 Å². The van der Waals surface area contributed by atoms with Crippen LogP contribution < -0.4 is 5.73 Å². The summed E-state index contributed by atoms with van der Waals surface area (Å²) in [5.74, 6) is 0. The lowest BCUT2D eigenvalue weighted by atomic mass is 10.0. The van der Waals surface area contributed by atoms with Crippen LogP contribution in [0.2, 0.25) is 0 Å². The first-order valence-electron chi connectivity index (χ1n) is 6.06. The fourth-order valence-corrected chi connectivity index (χ4v) is 3.44. The lowest BCUT2D eigenvalue weighted by Crippen LogP contribution is -2.37. The molecule has 0 atom stereocenters. The third kappa shape index (κ3) is 2.31. The average molecular weight is 238 g/mol. The second-order valence-corrected chi connectivity index (χ2v) is 6.68. The molecule has 1 aliphatic rings. The zero-order chi connectivity index (χ0) is 11.8. The van der Waals surface area contributed by atoms with Gasteiger partial charge in [0, 0.05) is 28.4 Å². The molecule has 3 heteroatoms. The fraction of sp³-hybridized carbons (Fsp3) is 0.692. The number of hydrogen-bond acceptors (Lipinski definition) is 3. The number of thiophene rings is 1. The molecule has 0 bridgehead atoms. The van der Waals surface area contributed by atoms with Gasteiger partial charge in [-0.1, -0.05) is 0 Å². The summed E-state index contributed by atoms with van der Waals surface area (Å²) < 4.78 is 0. The Morgan fingerprint density at radius 3 is 2.75 bits per heavy atom. The van der Waals surface area contributed by atoms with Crippen LogP contribution in [0.3, 0.4) is 0 Å². The lowest BCUT2D eigenvalue weighted by molar-refractivity contribution is 0.166. The van der Waals surface area contributed by atoms with Gasteiger partial charge in [-0.25, -0.2) is 0 Å². The zero-order valence-corrected chi connectivity index (χ0v) is 11.4. The maximum Gasteiger partial charge on any atom is 0.0274 e. The Labute approximate surface area is 102 Å². The average Bonchev–Trinajstić information content (AvgIpc) is 2.72. The first kappa shape index (κ1) is 12.1. The van der Waals surface area contributed by atoms with Gasteiger partial charge in [-0.3, -0.25) is 4.90 Å². The van der Waals surface area contributed by atoms with E-state index in [1.165, 1.54) is 34.7 Å². The molecule has 90 valence electrons. The summed E-state index contributed by atoms with van der Waals surface area (Å²) in [4.78, 5) is 5.34. The van der Waals surface area contributed by atoms with Crippen molar-refractivity contribution in [2.45, 2.75) is 52.2 Å². The molecule has 0 amide bonds. The highest BCUT2D eigenvalue weighted by atomic mass is 32.1. The first-order chi connectivity index (χ1) is 7.53. The predicted molar refractivity (Wildman–Crippen MR) is 70.7 cm³/mol. The minimum Gasteiger partial charge on any atom is -0.326 e. The van der Waals surface area contributed by atoms with Crippen LogP contribution in [0.15, 0.2) is 6.07 Å². The minimum absolute atomic E-state index is 0.372. The van der Waals surface area contributed by atoms with Gasteiger partial charge in [-0.15, -0.1) is 11.3 Å². The normalized spacial score (nSPS) is 20.5. The van der Waals surface area contributed by atoms with Crippen LogP contribution >= 0.6 is 11.3 Å². The van der Waals surface area contributed by atoms with E-state index in [9.17, 15) is 0 Å². The largest absolute Gasteiger partial charge is 0.326 e. The topological polar surface area (TPSA) is 29.3 Å². The van der Waals surface area contributed by atoms with Crippen LogP contribution in [0.5, 0.6) is 0 Å². The Balaban J connectivity index is 2.11. The molecular weight excluding hydrogens is 216 g/mol. The van der Waals surface area contributed by atoms with Gasteiger partial charge in [0.1, 0.15) is 0 Å². The Hall–Kier alpha value is -0.380. The number of likely N-dealkylation sites (tertiary alicyclic amines) is 1. The van der Waals surface area contributed by atoms with E-state index in [1.54, 1.807) is 0 Å². The highest BCUT2D eigenvalue weighted by molar-refractivity contribution is 7.12. The number of hydrogen-bond donors (Lipinski definition) is 1. The van der Waals surface area contributed by atoms with Crippen molar-refractivity contribution in [3.05, 3.63) is 21.4 Å². The van der Waals surface area contributed by atoms with Gasteiger partial charge < -0.3 is 5.73 Å². The molecule has 2 rings (SSSR count). The highest BCUT2D eigenvalue weighted by Crippen LogP contribution is 2.31. The third-order valence-corrected chi connectivity index (χ3v) is 4.82. The zero-order valence-electron chi connectivity index (χ0n) is 10.5. The van der Waals surface area contributed by atoms with E-state index in [2.05, 4.69) is 31.7 Å². The van der Waals surface area contributed by atoms with E-state index in [-0.39, 0.29) is 0 Å². The van der Waals surface area contributed by atoms with Gasteiger partial charge in [0.25, 0.3) is 0 Å². The van der Waals surface area contributed by atoms with Crippen LogP contribution in [0.4, 0.5) is 0 Å². The molecule has 1 aliphatic heterocycles. The molecule has 1 fully saturated rings. The van der Waals surface area contributed by atoms with E-state index in [1.807, 2.05) is 11.3 Å². The molecule has 0 aliphatic carbocycles. The molecule has 0 aromatic carbocycles. The van der Waals surface area contributed by atoms with Crippen molar-refractivity contribution in [1.29, 1.82) is 0 Å². The van der Waals surface area contributed by atoms with E-state index in [4.69, 9.17) is 5.73 Å². The Morgan fingerprint density at radius 1 is 1.50 bits per heavy atom. The highest BCUT2D eigenvalue weighted by Gasteiger charge is 2.31. The third-order valence-electron chi connectivity index (χ3n) is 3.71. The minimum atomic E-state index is 0.372. The molecule has 0 saturated carbocycles. The smallest absolute Gasteiger partial charge is 0.0274 e.